The van der Waals surface area contributed by atoms with Gasteiger partial charge in [-0.25, -0.2) is 4.68 Å². The number of nitrogens with zero attached hydrogens (tertiary/aromatic N) is 3. The Balaban J connectivity index is 2.00. The van der Waals surface area contributed by atoms with E-state index in [1.54, 1.807) is 0 Å². The van der Waals surface area contributed by atoms with Gasteiger partial charge in [-0.3, -0.25) is 0 Å². The number of aromatic nitrogens is 3. The van der Waals surface area contributed by atoms with Crippen molar-refractivity contribution in [1.82, 2.24) is 15.0 Å². The van der Waals surface area contributed by atoms with E-state index in [2.05, 4.69) is 66.6 Å². The Kier molecular flexibility index (Phi) is 4.20. The molecule has 0 saturated carbocycles. The Bertz CT molecular complexity index is 768. The molecule has 1 heterocycles. The minimum atomic E-state index is 0.442. The Labute approximate surface area is 130 Å². The van der Waals surface area contributed by atoms with Crippen LogP contribution in [0.2, 0.25) is 0 Å². The first-order valence-electron chi connectivity index (χ1n) is 7.77. The number of benzene rings is 2. The number of hydrogen-bond acceptors (Lipinski definition) is 3. The average Bonchev–Trinajstić information content (AvgIpc) is 2.89. The first kappa shape index (κ1) is 14.7. The van der Waals surface area contributed by atoms with E-state index in [-0.39, 0.29) is 0 Å². The highest BCUT2D eigenvalue weighted by Gasteiger charge is 2.14. The fourth-order valence-corrected chi connectivity index (χ4v) is 2.86. The Hall–Kier alpha value is -2.20. The van der Waals surface area contributed by atoms with E-state index >= 15 is 0 Å². The monoisotopic (exact) mass is 294 g/mol. The Morgan fingerprint density at radius 1 is 1.09 bits per heavy atom. The van der Waals surface area contributed by atoms with E-state index in [4.69, 9.17) is 5.73 Å². The fourth-order valence-electron chi connectivity index (χ4n) is 2.86. The summed E-state index contributed by atoms with van der Waals surface area (Å²) in [5.41, 5.74) is 9.14. The molecule has 0 saturated heterocycles. The molecule has 0 bridgehead atoms. The van der Waals surface area contributed by atoms with Gasteiger partial charge in [0.1, 0.15) is 0 Å². The van der Waals surface area contributed by atoms with Crippen LogP contribution in [0.4, 0.5) is 0 Å². The van der Waals surface area contributed by atoms with Gasteiger partial charge in [0.15, 0.2) is 0 Å². The molecule has 0 unspecified atom stereocenters. The third-order valence-corrected chi connectivity index (χ3v) is 3.91. The van der Waals surface area contributed by atoms with Crippen molar-refractivity contribution in [2.75, 3.05) is 0 Å². The summed E-state index contributed by atoms with van der Waals surface area (Å²) in [6.45, 7) is 5.58. The van der Waals surface area contributed by atoms with E-state index in [1.165, 1.54) is 16.3 Å². The summed E-state index contributed by atoms with van der Waals surface area (Å²) >= 11 is 0. The molecule has 2 aromatic carbocycles. The molecule has 114 valence electrons. The van der Waals surface area contributed by atoms with Crippen molar-refractivity contribution in [3.8, 4) is 0 Å². The second-order valence-corrected chi connectivity index (χ2v) is 6.08. The van der Waals surface area contributed by atoms with Crippen LogP contribution in [0.5, 0.6) is 0 Å². The van der Waals surface area contributed by atoms with E-state index in [0.29, 0.717) is 12.5 Å². The van der Waals surface area contributed by atoms with Crippen LogP contribution in [0.1, 0.15) is 30.8 Å². The molecule has 0 fully saturated rings. The Morgan fingerprint density at radius 2 is 1.86 bits per heavy atom. The van der Waals surface area contributed by atoms with E-state index in [1.807, 2.05) is 4.68 Å². The topological polar surface area (TPSA) is 56.7 Å². The van der Waals surface area contributed by atoms with Gasteiger partial charge in [0.25, 0.3) is 0 Å². The summed E-state index contributed by atoms with van der Waals surface area (Å²) < 4.78 is 2.00. The predicted octanol–water partition coefficient (Wildman–Crippen LogP) is 3.14. The number of nitrogens with two attached hydrogens (primary N) is 1. The normalized spacial score (nSPS) is 11.5. The molecule has 3 aromatic rings. The zero-order chi connectivity index (χ0) is 15.5. The highest BCUT2D eigenvalue weighted by Crippen LogP contribution is 2.21. The molecular weight excluding hydrogens is 272 g/mol. The van der Waals surface area contributed by atoms with Gasteiger partial charge in [-0.2, -0.15) is 0 Å². The van der Waals surface area contributed by atoms with Crippen molar-refractivity contribution >= 4 is 10.8 Å². The van der Waals surface area contributed by atoms with Gasteiger partial charge in [0.05, 0.1) is 17.9 Å². The first-order valence-corrected chi connectivity index (χ1v) is 7.77. The van der Waals surface area contributed by atoms with Crippen LogP contribution in [0.15, 0.2) is 42.5 Å². The van der Waals surface area contributed by atoms with Crippen LogP contribution in [0.3, 0.4) is 0 Å². The van der Waals surface area contributed by atoms with Gasteiger partial charge >= 0.3 is 0 Å². The van der Waals surface area contributed by atoms with Crippen LogP contribution in [0.25, 0.3) is 10.8 Å². The van der Waals surface area contributed by atoms with Gasteiger partial charge < -0.3 is 5.73 Å². The lowest BCUT2D eigenvalue weighted by Crippen LogP contribution is -2.11. The molecule has 0 aliphatic rings. The third kappa shape index (κ3) is 2.88. The van der Waals surface area contributed by atoms with Crippen molar-refractivity contribution in [2.45, 2.75) is 33.4 Å². The Morgan fingerprint density at radius 3 is 2.64 bits per heavy atom. The highest BCUT2D eigenvalue weighted by atomic mass is 15.4. The maximum Gasteiger partial charge on any atom is 0.0994 e. The molecule has 0 radical (unpaired) electrons. The van der Waals surface area contributed by atoms with Crippen molar-refractivity contribution in [2.24, 2.45) is 11.7 Å². The lowest BCUT2D eigenvalue weighted by Gasteiger charge is -2.11. The van der Waals surface area contributed by atoms with Gasteiger partial charge in [0.2, 0.25) is 0 Å². The molecule has 2 N–H and O–H groups in total. The summed E-state index contributed by atoms with van der Waals surface area (Å²) in [6.07, 6.45) is 0.949. The fraction of sp³-hybridized carbons (Fsp3) is 0.333. The van der Waals surface area contributed by atoms with Crippen molar-refractivity contribution in [1.29, 1.82) is 0 Å². The van der Waals surface area contributed by atoms with Crippen LogP contribution >= 0.6 is 0 Å². The number of rotatable bonds is 5. The van der Waals surface area contributed by atoms with E-state index < -0.39 is 0 Å². The second-order valence-electron chi connectivity index (χ2n) is 6.08. The van der Waals surface area contributed by atoms with Crippen LogP contribution in [-0.2, 0) is 19.5 Å². The minimum absolute atomic E-state index is 0.442. The van der Waals surface area contributed by atoms with Gasteiger partial charge in [-0.05, 0) is 28.7 Å². The zero-order valence-corrected chi connectivity index (χ0v) is 13.2. The summed E-state index contributed by atoms with van der Waals surface area (Å²) in [6, 6.07) is 14.8. The standard InChI is InChI=1S/C18H22N4/c1-13(2)10-18-17(11-19)20-21-22(18)12-15-8-5-7-14-6-3-4-9-16(14)15/h3-9,13H,10-12,19H2,1-2H3. The van der Waals surface area contributed by atoms with Crippen LogP contribution < -0.4 is 5.73 Å². The van der Waals surface area contributed by atoms with E-state index in [9.17, 15) is 0 Å². The quantitative estimate of drug-likeness (QED) is 0.786. The lowest BCUT2D eigenvalue weighted by molar-refractivity contribution is 0.564. The molecule has 4 heteroatoms. The average molecular weight is 294 g/mol. The summed E-state index contributed by atoms with van der Waals surface area (Å²) in [4.78, 5) is 0. The molecule has 0 amide bonds. The molecular formula is C18H22N4. The molecule has 0 aliphatic heterocycles. The predicted molar refractivity (Wildman–Crippen MR) is 89.5 cm³/mol. The summed E-state index contributed by atoms with van der Waals surface area (Å²) in [5, 5.41) is 11.1. The third-order valence-electron chi connectivity index (χ3n) is 3.91. The van der Waals surface area contributed by atoms with Crippen LogP contribution in [0, 0.1) is 5.92 Å². The molecule has 4 nitrogen and oxygen atoms in total. The maximum absolute atomic E-state index is 5.81. The molecule has 0 spiro atoms. The zero-order valence-electron chi connectivity index (χ0n) is 13.2. The molecule has 1 aromatic heterocycles. The van der Waals surface area contributed by atoms with Crippen LogP contribution in [-0.4, -0.2) is 15.0 Å². The van der Waals surface area contributed by atoms with E-state index in [0.717, 1.165) is 24.4 Å². The second kappa shape index (κ2) is 6.28. The van der Waals surface area contributed by atoms with Gasteiger partial charge in [-0.1, -0.05) is 61.5 Å². The van der Waals surface area contributed by atoms with Gasteiger partial charge in [-0.15, -0.1) is 5.10 Å². The molecule has 0 atom stereocenters. The van der Waals surface area contributed by atoms with Crippen molar-refractivity contribution < 1.29 is 0 Å². The molecule has 3 rings (SSSR count). The summed E-state index contributed by atoms with van der Waals surface area (Å²) in [7, 11) is 0. The lowest BCUT2D eigenvalue weighted by atomic mass is 10.0. The summed E-state index contributed by atoms with van der Waals surface area (Å²) in [5.74, 6) is 0.551. The molecule has 22 heavy (non-hydrogen) atoms. The minimum Gasteiger partial charge on any atom is -0.325 e. The molecule has 0 aliphatic carbocycles. The number of hydrogen-bond donors (Lipinski definition) is 1. The van der Waals surface area contributed by atoms with Gasteiger partial charge in [0, 0.05) is 6.54 Å². The van der Waals surface area contributed by atoms with Crippen molar-refractivity contribution in [3.63, 3.8) is 0 Å². The van der Waals surface area contributed by atoms with Crippen molar-refractivity contribution in [3.05, 3.63) is 59.4 Å². The highest BCUT2D eigenvalue weighted by molar-refractivity contribution is 5.85. The first-order chi connectivity index (χ1) is 10.7. The number of fused-ring (bicyclic) bond motifs is 1. The SMILES string of the molecule is CC(C)Cc1c(CN)nnn1Cc1cccc2ccccc12. The smallest absolute Gasteiger partial charge is 0.0994 e. The maximum atomic E-state index is 5.81. The largest absolute Gasteiger partial charge is 0.325 e.